The van der Waals surface area contributed by atoms with Crippen molar-refractivity contribution >= 4 is 36.5 Å². The molecule has 2 aromatic rings. The largest absolute Gasteiger partial charge is 0.478 e. The molecule has 0 heterocycles. The Kier molecular flexibility index (Phi) is 3.67. The first-order valence-corrected chi connectivity index (χ1v) is 7.99. The highest BCUT2D eigenvalue weighted by Gasteiger charge is 2.33. The number of alkyl halides is 3. The zero-order chi connectivity index (χ0) is 15.1. The van der Waals surface area contributed by atoms with Gasteiger partial charge in [0.25, 0.3) is 0 Å². The predicted molar refractivity (Wildman–Crippen MR) is 70.0 cm³/mol. The van der Waals surface area contributed by atoms with Crippen LogP contribution in [-0.4, -0.2) is 11.1 Å². The highest BCUT2D eigenvalue weighted by molar-refractivity contribution is 14.2. The van der Waals surface area contributed by atoms with Crippen molar-refractivity contribution in [2.24, 2.45) is 0 Å². The van der Waals surface area contributed by atoms with E-state index in [2.05, 4.69) is 0 Å². The second kappa shape index (κ2) is 5.00. The summed E-state index contributed by atoms with van der Waals surface area (Å²) in [5.74, 6) is -1.49. The first-order valence-electron chi connectivity index (χ1n) is 5.15. The maximum atomic E-state index is 12.8. The van der Waals surface area contributed by atoms with Gasteiger partial charge in [-0.3, -0.25) is 0 Å². The Hall–Kier alpha value is -1.71. The van der Waals surface area contributed by atoms with Crippen molar-refractivity contribution in [3.63, 3.8) is 0 Å². The molecule has 0 fully saturated rings. The highest BCUT2D eigenvalue weighted by atomic mass is 127. The number of hydrogen-bond acceptors (Lipinski definition) is 3. The second-order valence-electron chi connectivity index (χ2n) is 3.85. The van der Waals surface area contributed by atoms with E-state index in [1.807, 2.05) is 0 Å². The Bertz CT molecular complexity index is 770. The van der Waals surface area contributed by atoms with Crippen LogP contribution in [-0.2, 0) is 12.3 Å². The van der Waals surface area contributed by atoms with Gasteiger partial charge in [-0.2, -0.15) is 13.2 Å². The minimum absolute atomic E-state index is 0.213. The lowest BCUT2D eigenvalue weighted by molar-refractivity contribution is -0.136. The Morgan fingerprint density at radius 3 is 2.20 bits per heavy atom. The number of carboxylic acids is 1. The van der Waals surface area contributed by atoms with Gasteiger partial charge in [0.2, 0.25) is 0 Å². The van der Waals surface area contributed by atoms with Crippen LogP contribution in [0.4, 0.5) is 13.2 Å². The minimum Gasteiger partial charge on any atom is -0.478 e. The van der Waals surface area contributed by atoms with E-state index in [1.165, 1.54) is 6.07 Å². The van der Waals surface area contributed by atoms with Crippen molar-refractivity contribution in [1.29, 1.82) is 0 Å². The van der Waals surface area contributed by atoms with Crippen molar-refractivity contribution in [1.82, 2.24) is 0 Å². The van der Waals surface area contributed by atoms with Gasteiger partial charge in [0.1, 0.15) is 0 Å². The molecule has 0 saturated carbocycles. The molecular formula is C12H6F3IO4. The van der Waals surface area contributed by atoms with E-state index < -0.39 is 46.6 Å². The van der Waals surface area contributed by atoms with Gasteiger partial charge < -0.3 is 5.11 Å². The van der Waals surface area contributed by atoms with E-state index in [9.17, 15) is 24.1 Å². The van der Waals surface area contributed by atoms with E-state index in [-0.39, 0.29) is 10.8 Å². The zero-order valence-corrected chi connectivity index (χ0v) is 11.7. The highest BCUT2D eigenvalue weighted by Crippen LogP contribution is 2.38. The summed E-state index contributed by atoms with van der Waals surface area (Å²) in [5.41, 5.74) is -1.50. The second-order valence-corrected chi connectivity index (χ2v) is 6.17. The Balaban J connectivity index is 2.97. The molecule has 0 spiro atoms. The number of benzene rings is 2. The minimum atomic E-state index is -4.65. The van der Waals surface area contributed by atoms with Crippen molar-refractivity contribution < 1.29 is 29.2 Å². The molecule has 0 radical (unpaired) electrons. The number of aromatic carboxylic acids is 1. The number of carbonyl (C=O) groups is 1. The van der Waals surface area contributed by atoms with E-state index in [1.54, 1.807) is 0 Å². The third kappa shape index (κ3) is 2.47. The van der Waals surface area contributed by atoms with E-state index >= 15 is 0 Å². The molecule has 106 valence electrons. The molecule has 0 amide bonds. The van der Waals surface area contributed by atoms with Gasteiger partial charge in [-0.1, -0.05) is 18.2 Å². The fourth-order valence-electron chi connectivity index (χ4n) is 1.90. The number of rotatable bonds is 2. The summed E-state index contributed by atoms with van der Waals surface area (Å²) in [5, 5.41) is 8.39. The molecule has 0 bridgehead atoms. The van der Waals surface area contributed by atoms with Crippen LogP contribution in [0.15, 0.2) is 30.3 Å². The lowest BCUT2D eigenvalue weighted by Crippen LogP contribution is -2.07. The molecule has 0 aliphatic heterocycles. The molecule has 0 atom stereocenters. The number of halogens is 4. The Morgan fingerprint density at radius 2 is 1.70 bits per heavy atom. The molecule has 0 aliphatic rings. The van der Waals surface area contributed by atoms with Gasteiger partial charge in [0.15, 0.2) is 0 Å². The maximum Gasteiger partial charge on any atom is 0.417 e. The predicted octanol–water partition coefficient (Wildman–Crippen LogP) is 3.92. The summed E-state index contributed by atoms with van der Waals surface area (Å²) < 4.78 is 60.6. The van der Waals surface area contributed by atoms with Crippen molar-refractivity contribution in [3.8, 4) is 0 Å². The fraction of sp³-hybridized carbons (Fsp3) is 0.0833. The monoisotopic (exact) mass is 398 g/mol. The topological polar surface area (TPSA) is 71.4 Å². The number of carboxylic acid groups (broad SMARTS) is 1. The molecule has 2 aromatic carbocycles. The average Bonchev–Trinajstić information content (AvgIpc) is 2.34. The van der Waals surface area contributed by atoms with Crippen LogP contribution >= 0.6 is 19.8 Å². The standard InChI is InChI=1S/C12H6F3IO4/c13-12(14,15)9-3-1-2-7-6(9)4-5-8(11(17)18)10(7)16(19)20/h1-5H,(H,17,18). The van der Waals surface area contributed by atoms with Gasteiger partial charge in [-0.15, -0.1) is 0 Å². The first kappa shape index (κ1) is 14.7. The third-order valence-electron chi connectivity index (χ3n) is 2.69. The van der Waals surface area contributed by atoms with Crippen LogP contribution in [0, 0.1) is 3.57 Å². The van der Waals surface area contributed by atoms with Crippen LogP contribution in [0.3, 0.4) is 0 Å². The number of fused-ring (bicyclic) bond motifs is 1. The molecule has 0 saturated heterocycles. The summed E-state index contributed by atoms with van der Waals surface area (Å²) in [7, 11) is 0. The molecule has 2 rings (SSSR count). The molecule has 4 nitrogen and oxygen atoms in total. The van der Waals surface area contributed by atoms with Gasteiger partial charge in [0.05, 0.1) is 14.7 Å². The average molecular weight is 398 g/mol. The molecule has 8 heteroatoms. The molecular weight excluding hydrogens is 392 g/mol. The summed E-state index contributed by atoms with van der Waals surface area (Å²) in [6.07, 6.45) is -4.65. The quantitative estimate of drug-likeness (QED) is 0.779. The molecule has 0 aromatic heterocycles. The SMILES string of the molecule is O=C(O)c1ccc2c(C(F)(F)F)cccc2c1I(=O)=O. The summed E-state index contributed by atoms with van der Waals surface area (Å²) in [4.78, 5) is 11.0. The van der Waals surface area contributed by atoms with Crippen LogP contribution < -0.4 is 0 Å². The normalized spacial score (nSPS) is 12.0. The van der Waals surface area contributed by atoms with Crippen LogP contribution in [0.25, 0.3) is 10.8 Å². The first-order chi connectivity index (χ1) is 9.23. The maximum absolute atomic E-state index is 12.8. The van der Waals surface area contributed by atoms with Crippen LogP contribution in [0.2, 0.25) is 0 Å². The zero-order valence-electron chi connectivity index (χ0n) is 9.57. The van der Waals surface area contributed by atoms with Crippen molar-refractivity contribution in [2.45, 2.75) is 6.18 Å². The van der Waals surface area contributed by atoms with Gasteiger partial charge in [0, 0.05) is 5.39 Å². The summed E-state index contributed by atoms with van der Waals surface area (Å²) >= 11 is -4.28. The van der Waals surface area contributed by atoms with Crippen LogP contribution in [0.5, 0.6) is 0 Å². The number of hydrogen-bond donors (Lipinski definition) is 1. The van der Waals surface area contributed by atoms with Crippen molar-refractivity contribution in [3.05, 3.63) is 45.0 Å². The fourth-order valence-corrected chi connectivity index (χ4v) is 3.73. The molecule has 0 unspecified atom stereocenters. The third-order valence-corrected chi connectivity index (χ3v) is 4.73. The van der Waals surface area contributed by atoms with Gasteiger partial charge in [-0.25, -0.2) is 10.9 Å². The lowest BCUT2D eigenvalue weighted by atomic mass is 10.0. The lowest BCUT2D eigenvalue weighted by Gasteiger charge is -2.11. The summed E-state index contributed by atoms with van der Waals surface area (Å²) in [6.45, 7) is 0. The van der Waals surface area contributed by atoms with E-state index in [4.69, 9.17) is 5.11 Å². The van der Waals surface area contributed by atoms with Crippen molar-refractivity contribution in [2.75, 3.05) is 0 Å². The smallest absolute Gasteiger partial charge is 0.417 e. The van der Waals surface area contributed by atoms with Gasteiger partial charge in [-0.05, 0) is 17.5 Å². The molecule has 20 heavy (non-hydrogen) atoms. The molecule has 0 aliphatic carbocycles. The summed E-state index contributed by atoms with van der Waals surface area (Å²) in [6, 6.07) is 4.91. The van der Waals surface area contributed by atoms with Crippen LogP contribution in [0.1, 0.15) is 15.9 Å². The molecule has 1 N–H and O–H groups in total. The Morgan fingerprint density at radius 1 is 1.05 bits per heavy atom. The Labute approximate surface area is 117 Å². The van der Waals surface area contributed by atoms with Gasteiger partial charge >= 0.3 is 31.9 Å². The van der Waals surface area contributed by atoms with E-state index in [0.717, 1.165) is 24.3 Å². The van der Waals surface area contributed by atoms with E-state index in [0.29, 0.717) is 0 Å².